The third-order valence-corrected chi connectivity index (χ3v) is 13.4. The first-order valence-corrected chi connectivity index (χ1v) is 27.2. The van der Waals surface area contributed by atoms with Crippen molar-refractivity contribution in [3.8, 4) is 0 Å². The van der Waals surface area contributed by atoms with Crippen molar-refractivity contribution in [3.63, 3.8) is 0 Å². The van der Waals surface area contributed by atoms with E-state index in [1.54, 1.807) is 0 Å². The van der Waals surface area contributed by atoms with Crippen LogP contribution in [0.4, 0.5) is 0 Å². The fourth-order valence-electron chi connectivity index (χ4n) is 8.89. The van der Waals surface area contributed by atoms with Crippen LogP contribution >= 0.6 is 0 Å². The lowest BCUT2D eigenvalue weighted by Gasteiger charge is -2.46. The molecule has 12 unspecified atom stereocenters. The van der Waals surface area contributed by atoms with Crippen molar-refractivity contribution in [2.75, 3.05) is 19.8 Å². The van der Waals surface area contributed by atoms with Gasteiger partial charge in [-0.05, 0) is 51.4 Å². The molecule has 0 saturated carbocycles. The molecule has 0 radical (unpaired) electrons. The standard InChI is InChI=1S/C54H99NO13/c1-3-5-7-9-10-11-12-13-14-15-16-17-18-19-20-21-22-23-24-25-26-27-28-29-30-31-32-34-36-38-46(59)55-42(43(58)37-35-33-8-6-4-2)41-65-53-51(64)49(62)52(45(40-57)67-53)68-54-50(63)48(61)47(60)44(39-56)66-54/h12-13,15-16,18-19,42-45,47-54,56-58,60-64H,3-11,14,17,20-41H2,1-2H3,(H,55,59)/b13-12-,16-15-,19-18-. The van der Waals surface area contributed by atoms with E-state index >= 15 is 0 Å². The molecule has 0 aromatic rings. The molecule has 14 nitrogen and oxygen atoms in total. The Hall–Kier alpha value is -1.79. The Kier molecular flexibility index (Phi) is 37.4. The van der Waals surface area contributed by atoms with E-state index in [4.69, 9.17) is 18.9 Å². The summed E-state index contributed by atoms with van der Waals surface area (Å²) in [5, 5.41) is 86.4. The van der Waals surface area contributed by atoms with Crippen LogP contribution in [-0.2, 0) is 23.7 Å². The Labute approximate surface area is 411 Å². The first kappa shape index (κ1) is 62.3. The maximum atomic E-state index is 13.1. The molecule has 9 N–H and O–H groups in total. The predicted molar refractivity (Wildman–Crippen MR) is 268 cm³/mol. The summed E-state index contributed by atoms with van der Waals surface area (Å²) in [6, 6.07) is -0.824. The number of aliphatic hydroxyl groups excluding tert-OH is 8. The summed E-state index contributed by atoms with van der Waals surface area (Å²) >= 11 is 0. The molecule has 0 spiro atoms. The van der Waals surface area contributed by atoms with Crippen LogP contribution in [0.2, 0.25) is 0 Å². The predicted octanol–water partition coefficient (Wildman–Crippen LogP) is 7.88. The lowest BCUT2D eigenvalue weighted by molar-refractivity contribution is -0.359. The third-order valence-electron chi connectivity index (χ3n) is 13.4. The second-order valence-electron chi connectivity index (χ2n) is 19.4. The number of carbonyl (C=O) groups excluding carboxylic acids is 1. The minimum atomic E-state index is -1.78. The van der Waals surface area contributed by atoms with Crippen LogP contribution in [0, 0.1) is 0 Å². The van der Waals surface area contributed by atoms with Crippen molar-refractivity contribution in [1.82, 2.24) is 5.32 Å². The van der Waals surface area contributed by atoms with Gasteiger partial charge in [-0.1, -0.05) is 185 Å². The number of hydrogen-bond donors (Lipinski definition) is 9. The van der Waals surface area contributed by atoms with Gasteiger partial charge >= 0.3 is 0 Å². The maximum absolute atomic E-state index is 13.1. The van der Waals surface area contributed by atoms with Crippen molar-refractivity contribution >= 4 is 5.91 Å². The van der Waals surface area contributed by atoms with Gasteiger partial charge in [-0.15, -0.1) is 0 Å². The average molecular weight is 970 g/mol. The van der Waals surface area contributed by atoms with Crippen LogP contribution in [0.1, 0.15) is 206 Å². The number of ether oxygens (including phenoxy) is 4. The zero-order valence-electron chi connectivity index (χ0n) is 42.3. The zero-order chi connectivity index (χ0) is 49.6. The van der Waals surface area contributed by atoms with Gasteiger partial charge in [0.05, 0.1) is 32.0 Å². The number of nitrogens with one attached hydrogen (secondary N) is 1. The van der Waals surface area contributed by atoms with Crippen LogP contribution in [0.25, 0.3) is 0 Å². The molecule has 68 heavy (non-hydrogen) atoms. The van der Waals surface area contributed by atoms with Crippen molar-refractivity contribution in [2.24, 2.45) is 0 Å². The first-order valence-electron chi connectivity index (χ1n) is 27.2. The number of hydrogen-bond acceptors (Lipinski definition) is 13. The molecule has 0 aromatic heterocycles. The molecule has 2 aliphatic rings. The van der Waals surface area contributed by atoms with Gasteiger partial charge in [0.25, 0.3) is 0 Å². The van der Waals surface area contributed by atoms with Gasteiger partial charge in [-0.2, -0.15) is 0 Å². The SMILES string of the molecule is CCCCCCC/C=C\C/C=C\C/C=C\CCCCCCCCCCCCCCCCC(=O)NC(COC1OC(CO)C(OC2OC(CO)C(O)C(O)C2O)C(O)C1O)C(O)CCCCCCC. The molecule has 0 aromatic carbocycles. The lowest BCUT2D eigenvalue weighted by Crippen LogP contribution is -2.65. The number of unbranched alkanes of at least 4 members (excludes halogenated alkanes) is 23. The van der Waals surface area contributed by atoms with Gasteiger partial charge in [0.1, 0.15) is 48.8 Å². The van der Waals surface area contributed by atoms with Gasteiger partial charge in [0.15, 0.2) is 12.6 Å². The highest BCUT2D eigenvalue weighted by molar-refractivity contribution is 5.76. The van der Waals surface area contributed by atoms with Crippen LogP contribution in [0.15, 0.2) is 36.5 Å². The molecule has 2 heterocycles. The maximum Gasteiger partial charge on any atom is 0.220 e. The van der Waals surface area contributed by atoms with Crippen molar-refractivity contribution in [1.29, 1.82) is 0 Å². The molecular weight excluding hydrogens is 871 g/mol. The molecule has 2 saturated heterocycles. The molecule has 398 valence electrons. The molecule has 1 amide bonds. The number of carbonyl (C=O) groups is 1. The summed E-state index contributed by atoms with van der Waals surface area (Å²) in [6.45, 7) is 2.74. The van der Waals surface area contributed by atoms with E-state index in [1.165, 1.54) is 109 Å². The topological polar surface area (TPSA) is 228 Å². The summed E-state index contributed by atoms with van der Waals surface area (Å²) in [7, 11) is 0. The highest BCUT2D eigenvalue weighted by atomic mass is 16.7. The average Bonchev–Trinajstić information content (AvgIpc) is 3.34. The molecule has 2 aliphatic heterocycles. The van der Waals surface area contributed by atoms with Gasteiger partial charge in [-0.25, -0.2) is 0 Å². The van der Waals surface area contributed by atoms with Gasteiger partial charge in [0.2, 0.25) is 5.91 Å². The summed E-state index contributed by atoms with van der Waals surface area (Å²) in [5.41, 5.74) is 0. The van der Waals surface area contributed by atoms with Gasteiger partial charge < -0.3 is 65.1 Å². The third kappa shape index (κ3) is 27.1. The number of aliphatic hydroxyl groups is 8. The second-order valence-corrected chi connectivity index (χ2v) is 19.4. The Morgan fingerprint density at radius 1 is 0.529 bits per heavy atom. The molecule has 0 bridgehead atoms. The van der Waals surface area contributed by atoms with Crippen molar-refractivity contribution in [2.45, 2.75) is 280 Å². The summed E-state index contributed by atoms with van der Waals surface area (Å²) in [6.07, 6.45) is 30.8. The Bertz CT molecular complexity index is 1280. The van der Waals surface area contributed by atoms with Crippen LogP contribution in [0.3, 0.4) is 0 Å². The fourth-order valence-corrected chi connectivity index (χ4v) is 8.89. The van der Waals surface area contributed by atoms with Gasteiger partial charge in [-0.3, -0.25) is 4.79 Å². The van der Waals surface area contributed by atoms with E-state index in [2.05, 4.69) is 55.6 Å². The van der Waals surface area contributed by atoms with Crippen LogP contribution in [0.5, 0.6) is 0 Å². The number of allylic oxidation sites excluding steroid dienone is 6. The highest BCUT2D eigenvalue weighted by Crippen LogP contribution is 2.30. The Balaban J connectivity index is 1.60. The fraction of sp³-hybridized carbons (Fsp3) is 0.870. The molecule has 12 atom stereocenters. The minimum absolute atomic E-state index is 0.215. The summed E-state index contributed by atoms with van der Waals surface area (Å²) in [4.78, 5) is 13.1. The summed E-state index contributed by atoms with van der Waals surface area (Å²) < 4.78 is 22.6. The zero-order valence-corrected chi connectivity index (χ0v) is 42.3. The first-order chi connectivity index (χ1) is 33.1. The van der Waals surface area contributed by atoms with Gasteiger partial charge in [0, 0.05) is 6.42 Å². The molecule has 14 heteroatoms. The monoisotopic (exact) mass is 970 g/mol. The lowest BCUT2D eigenvalue weighted by atomic mass is 9.97. The number of rotatable bonds is 42. The quantitative estimate of drug-likeness (QED) is 0.0210. The molecule has 2 rings (SSSR count). The van der Waals surface area contributed by atoms with E-state index in [0.29, 0.717) is 12.8 Å². The van der Waals surface area contributed by atoms with E-state index in [1.807, 2.05) is 0 Å². The normalized spacial score (nSPS) is 26.6. The van der Waals surface area contributed by atoms with Crippen molar-refractivity contribution < 1.29 is 64.6 Å². The van der Waals surface area contributed by atoms with E-state index in [9.17, 15) is 45.6 Å². The van der Waals surface area contributed by atoms with Crippen molar-refractivity contribution in [3.05, 3.63) is 36.5 Å². The largest absolute Gasteiger partial charge is 0.394 e. The smallest absolute Gasteiger partial charge is 0.220 e. The number of amides is 1. The van der Waals surface area contributed by atoms with Crippen LogP contribution in [-0.4, -0.2) is 140 Å². The highest BCUT2D eigenvalue weighted by Gasteiger charge is 2.51. The second kappa shape index (κ2) is 40.8. The van der Waals surface area contributed by atoms with E-state index < -0.39 is 86.8 Å². The Morgan fingerprint density at radius 2 is 0.971 bits per heavy atom. The molecular formula is C54H99NO13. The van der Waals surface area contributed by atoms with Crippen LogP contribution < -0.4 is 5.32 Å². The minimum Gasteiger partial charge on any atom is -0.394 e. The van der Waals surface area contributed by atoms with E-state index in [-0.39, 0.29) is 12.5 Å². The Morgan fingerprint density at radius 3 is 1.49 bits per heavy atom. The van der Waals surface area contributed by atoms with E-state index in [0.717, 1.165) is 70.6 Å². The molecule has 2 fully saturated rings. The molecule has 0 aliphatic carbocycles. The summed E-state index contributed by atoms with van der Waals surface area (Å²) in [5.74, 6) is -0.215.